The number of ether oxygens (including phenoxy) is 3. The molecule has 1 aromatic carbocycles. The molecule has 2 N–H and O–H groups in total. The molecule has 1 aliphatic rings. The largest absolute Gasteiger partial charge is 0.493 e. The Morgan fingerprint density at radius 1 is 1.06 bits per heavy atom. The number of rotatable bonds is 7. The molecule has 12 heteroatoms. The number of aromatic nitrogens is 3. The van der Waals surface area contributed by atoms with Gasteiger partial charge in [0, 0.05) is 23.9 Å². The highest BCUT2D eigenvalue weighted by molar-refractivity contribution is 7.78. The van der Waals surface area contributed by atoms with E-state index in [1.165, 1.54) is 4.31 Å². The molecular formula is C23H29N7O4S. The van der Waals surface area contributed by atoms with Crippen molar-refractivity contribution in [3.63, 3.8) is 0 Å². The Balaban J connectivity index is 1.51. The summed E-state index contributed by atoms with van der Waals surface area (Å²) in [5.41, 5.74) is 1.64. The van der Waals surface area contributed by atoms with Crippen molar-refractivity contribution in [1.82, 2.24) is 24.2 Å². The summed E-state index contributed by atoms with van der Waals surface area (Å²) >= 11 is 4.43. The van der Waals surface area contributed by atoms with Crippen LogP contribution in [0.3, 0.4) is 0 Å². The molecule has 0 aliphatic carbocycles. The number of pyridine rings is 1. The van der Waals surface area contributed by atoms with Gasteiger partial charge in [-0.3, -0.25) is 9.62 Å². The maximum absolute atomic E-state index is 12.7. The molecule has 2 aromatic heterocycles. The first-order valence-corrected chi connectivity index (χ1v) is 11.5. The van der Waals surface area contributed by atoms with Crippen LogP contribution in [0, 0.1) is 0 Å². The third kappa shape index (κ3) is 5.60. The number of nitrogens with zero attached hydrogens (tertiary/aromatic N) is 5. The van der Waals surface area contributed by atoms with E-state index in [9.17, 15) is 4.79 Å². The number of benzene rings is 1. The van der Waals surface area contributed by atoms with E-state index in [1.54, 1.807) is 51.8 Å². The van der Waals surface area contributed by atoms with E-state index in [4.69, 9.17) is 14.2 Å². The number of hydrogen-bond acceptors (Lipinski definition) is 10. The Bertz CT molecular complexity index is 1180. The van der Waals surface area contributed by atoms with Crippen molar-refractivity contribution in [2.24, 2.45) is 0 Å². The van der Waals surface area contributed by atoms with E-state index in [1.807, 2.05) is 0 Å². The SMILES string of the molecule is COc1cc(Nc2cnc3ccc(NC(=O)N(S)C4CCN(C)CC4)nc3n2)cc(OC)c1OC. The normalized spacial score (nSPS) is 14.4. The van der Waals surface area contributed by atoms with Gasteiger partial charge >= 0.3 is 6.03 Å². The van der Waals surface area contributed by atoms with Gasteiger partial charge in [-0.2, -0.15) is 0 Å². The fourth-order valence-electron chi connectivity index (χ4n) is 3.90. The van der Waals surface area contributed by atoms with Crippen molar-refractivity contribution < 1.29 is 19.0 Å². The van der Waals surface area contributed by atoms with Crippen LogP contribution in [0.15, 0.2) is 30.5 Å². The van der Waals surface area contributed by atoms with E-state index in [0.717, 1.165) is 25.9 Å². The van der Waals surface area contributed by atoms with Gasteiger partial charge in [0.1, 0.15) is 11.3 Å². The third-order valence-electron chi connectivity index (χ3n) is 5.82. The van der Waals surface area contributed by atoms with Gasteiger partial charge < -0.3 is 24.4 Å². The lowest BCUT2D eigenvalue weighted by Crippen LogP contribution is -2.43. The van der Waals surface area contributed by atoms with Gasteiger partial charge in [0.2, 0.25) is 5.75 Å². The number of amides is 2. The van der Waals surface area contributed by atoms with Crippen LogP contribution in [0.4, 0.5) is 22.1 Å². The van der Waals surface area contributed by atoms with Crippen molar-refractivity contribution in [2.75, 3.05) is 52.1 Å². The first kappa shape index (κ1) is 24.6. The summed E-state index contributed by atoms with van der Waals surface area (Å²) in [4.78, 5) is 28.4. The van der Waals surface area contributed by atoms with Gasteiger partial charge in [-0.05, 0) is 45.1 Å². The number of piperidine rings is 1. The highest BCUT2D eigenvalue weighted by Gasteiger charge is 2.25. The summed E-state index contributed by atoms with van der Waals surface area (Å²) in [6.45, 7) is 1.86. The number of carbonyl (C=O) groups is 1. The van der Waals surface area contributed by atoms with E-state index in [-0.39, 0.29) is 12.1 Å². The Kier molecular flexibility index (Phi) is 7.61. The molecule has 0 saturated carbocycles. The predicted molar refractivity (Wildman–Crippen MR) is 137 cm³/mol. The van der Waals surface area contributed by atoms with Gasteiger partial charge in [-0.25, -0.2) is 19.7 Å². The lowest BCUT2D eigenvalue weighted by Gasteiger charge is -2.33. The van der Waals surface area contributed by atoms with Crippen LogP contribution in [-0.4, -0.2) is 77.7 Å². The van der Waals surface area contributed by atoms with Crippen LogP contribution >= 0.6 is 12.8 Å². The number of carbonyl (C=O) groups excluding carboxylic acids is 1. The number of anilines is 3. The summed E-state index contributed by atoms with van der Waals surface area (Å²) in [6.07, 6.45) is 3.35. The van der Waals surface area contributed by atoms with Crippen LogP contribution in [0.2, 0.25) is 0 Å². The van der Waals surface area contributed by atoms with Crippen molar-refractivity contribution in [3.8, 4) is 17.2 Å². The highest BCUT2D eigenvalue weighted by atomic mass is 32.1. The van der Waals surface area contributed by atoms with Gasteiger partial charge in [0.15, 0.2) is 23.0 Å². The molecule has 0 unspecified atom stereocenters. The molecule has 0 atom stereocenters. The second-order valence-corrected chi connectivity index (χ2v) is 8.57. The van der Waals surface area contributed by atoms with Crippen LogP contribution < -0.4 is 24.8 Å². The topological polar surface area (TPSA) is 114 Å². The second kappa shape index (κ2) is 10.8. The first-order valence-electron chi connectivity index (χ1n) is 11.1. The van der Waals surface area contributed by atoms with E-state index in [2.05, 4.69) is 50.3 Å². The molecule has 1 saturated heterocycles. The molecule has 186 valence electrons. The maximum Gasteiger partial charge on any atom is 0.333 e. The smallest absolute Gasteiger partial charge is 0.333 e. The summed E-state index contributed by atoms with van der Waals surface area (Å²) in [6, 6.07) is 6.73. The van der Waals surface area contributed by atoms with Crippen molar-refractivity contribution in [3.05, 3.63) is 30.5 Å². The molecule has 3 aromatic rings. The van der Waals surface area contributed by atoms with Crippen molar-refractivity contribution in [2.45, 2.75) is 18.9 Å². The average molecular weight is 500 g/mol. The minimum absolute atomic E-state index is 0.0732. The fraction of sp³-hybridized carbons (Fsp3) is 0.391. The molecule has 3 heterocycles. The Morgan fingerprint density at radius 2 is 1.71 bits per heavy atom. The number of urea groups is 1. The molecule has 11 nitrogen and oxygen atoms in total. The monoisotopic (exact) mass is 499 g/mol. The predicted octanol–water partition coefficient (Wildman–Crippen LogP) is 3.57. The number of methoxy groups -OCH3 is 3. The molecule has 0 radical (unpaired) electrons. The molecule has 2 amide bonds. The molecule has 1 fully saturated rings. The molecular weight excluding hydrogens is 470 g/mol. The minimum atomic E-state index is -0.325. The van der Waals surface area contributed by atoms with Gasteiger partial charge in [0.05, 0.1) is 27.5 Å². The highest BCUT2D eigenvalue weighted by Crippen LogP contribution is 2.40. The second-order valence-electron chi connectivity index (χ2n) is 8.14. The van der Waals surface area contributed by atoms with Crippen LogP contribution in [0.1, 0.15) is 12.8 Å². The number of nitrogens with one attached hydrogen (secondary N) is 2. The van der Waals surface area contributed by atoms with Gasteiger partial charge in [-0.1, -0.05) is 12.8 Å². The summed E-state index contributed by atoms with van der Waals surface area (Å²) in [5, 5.41) is 5.99. The lowest BCUT2D eigenvalue weighted by atomic mass is 10.1. The van der Waals surface area contributed by atoms with Crippen LogP contribution in [0.25, 0.3) is 11.2 Å². The minimum Gasteiger partial charge on any atom is -0.493 e. The Hall–Kier alpha value is -3.51. The standard InChI is InChI=1S/C23H29N7O4S/c1-29-9-7-15(8-10-29)30(35)23(31)28-19-6-5-16-22(26-19)27-20(13-24-16)25-14-11-17(32-2)21(34-4)18(12-14)33-3/h5-6,11-13,15,35H,7-10H2,1-4H3,(H2,25,26,27,28,31). The molecule has 1 aliphatic heterocycles. The van der Waals surface area contributed by atoms with E-state index in [0.29, 0.717) is 45.7 Å². The Morgan fingerprint density at radius 3 is 2.34 bits per heavy atom. The van der Waals surface area contributed by atoms with Gasteiger partial charge in [0.25, 0.3) is 0 Å². The summed E-state index contributed by atoms with van der Waals surface area (Å²) < 4.78 is 17.6. The zero-order valence-electron chi connectivity index (χ0n) is 20.1. The van der Waals surface area contributed by atoms with Crippen LogP contribution in [0.5, 0.6) is 17.2 Å². The van der Waals surface area contributed by atoms with Crippen LogP contribution in [-0.2, 0) is 0 Å². The molecule has 0 spiro atoms. The zero-order valence-corrected chi connectivity index (χ0v) is 21.0. The maximum atomic E-state index is 12.7. The summed E-state index contributed by atoms with van der Waals surface area (Å²) in [5.74, 6) is 2.34. The number of likely N-dealkylation sites (tertiary alicyclic amines) is 1. The fourth-order valence-corrected chi connectivity index (χ4v) is 4.18. The quantitative estimate of drug-likeness (QED) is 0.420. The summed E-state index contributed by atoms with van der Waals surface area (Å²) in [7, 11) is 6.72. The number of fused-ring (bicyclic) bond motifs is 1. The molecule has 35 heavy (non-hydrogen) atoms. The van der Waals surface area contributed by atoms with Crippen molar-refractivity contribution >= 4 is 47.3 Å². The van der Waals surface area contributed by atoms with Crippen molar-refractivity contribution in [1.29, 1.82) is 0 Å². The Labute approximate surface area is 209 Å². The number of hydrogen-bond donors (Lipinski definition) is 3. The van der Waals surface area contributed by atoms with E-state index < -0.39 is 0 Å². The third-order valence-corrected chi connectivity index (χ3v) is 6.33. The zero-order chi connectivity index (χ0) is 24.9. The average Bonchev–Trinajstić information content (AvgIpc) is 2.87. The molecule has 4 rings (SSSR count). The lowest BCUT2D eigenvalue weighted by molar-refractivity contribution is 0.189. The molecule has 0 bridgehead atoms. The van der Waals surface area contributed by atoms with E-state index >= 15 is 0 Å². The first-order chi connectivity index (χ1) is 16.9. The van der Waals surface area contributed by atoms with Gasteiger partial charge in [-0.15, -0.1) is 0 Å². The number of thiol groups is 1.